The van der Waals surface area contributed by atoms with Crippen molar-refractivity contribution >= 4 is 26.7 Å². The van der Waals surface area contributed by atoms with Crippen LogP contribution in [0.5, 0.6) is 0 Å². The van der Waals surface area contributed by atoms with Gasteiger partial charge in [-0.3, -0.25) is 9.69 Å². The Balaban J connectivity index is 1.41. The molecule has 0 bridgehead atoms. The molecule has 10 heteroatoms. The fourth-order valence-electron chi connectivity index (χ4n) is 4.72. The number of amides is 1. The number of furan rings is 1. The van der Waals surface area contributed by atoms with Crippen LogP contribution in [0.4, 0.5) is 4.39 Å². The Morgan fingerprint density at radius 1 is 0.900 bits per heavy atom. The Kier molecular flexibility index (Phi) is 8.91. The second kappa shape index (κ2) is 12.7. The summed E-state index contributed by atoms with van der Waals surface area (Å²) in [5, 5.41) is 1.74. The lowest BCUT2D eigenvalue weighted by atomic mass is 10.1. The number of fused-ring (bicyclic) bond motifs is 1. The van der Waals surface area contributed by atoms with Crippen molar-refractivity contribution in [1.29, 1.82) is 0 Å². The van der Waals surface area contributed by atoms with Gasteiger partial charge in [0.15, 0.2) is 0 Å². The largest absolute Gasteiger partial charge is 0.467 e. The number of sulfonamides is 1. The third-order valence-electron chi connectivity index (χ3n) is 7.01. The van der Waals surface area contributed by atoms with Crippen LogP contribution < -0.4 is 0 Å². The molecule has 3 aromatic carbocycles. The van der Waals surface area contributed by atoms with Gasteiger partial charge in [0.1, 0.15) is 11.6 Å². The molecule has 2 heterocycles. The van der Waals surface area contributed by atoms with Gasteiger partial charge < -0.3 is 14.1 Å². The molecule has 1 aliphatic heterocycles. The van der Waals surface area contributed by atoms with Crippen molar-refractivity contribution in [3.05, 3.63) is 102 Å². The summed E-state index contributed by atoms with van der Waals surface area (Å²) >= 11 is 0. The van der Waals surface area contributed by atoms with Crippen LogP contribution in [0, 0.1) is 5.82 Å². The van der Waals surface area contributed by atoms with Crippen molar-refractivity contribution in [3.63, 3.8) is 0 Å². The molecule has 0 aliphatic carbocycles. The number of hydrogen-bond acceptors (Lipinski definition) is 6. The molecular weight excluding hydrogens is 533 g/mol. The maximum absolute atomic E-state index is 14.0. The minimum atomic E-state index is -4.01. The first-order valence-corrected chi connectivity index (χ1v) is 14.7. The summed E-state index contributed by atoms with van der Waals surface area (Å²) < 4.78 is 53.6. The number of hydrogen-bond donors (Lipinski definition) is 0. The molecule has 5 rings (SSSR count). The van der Waals surface area contributed by atoms with Crippen molar-refractivity contribution in [2.24, 2.45) is 0 Å². The second-order valence-corrected chi connectivity index (χ2v) is 11.7. The Morgan fingerprint density at radius 3 is 2.38 bits per heavy atom. The summed E-state index contributed by atoms with van der Waals surface area (Å²) in [5.74, 6) is -0.191. The predicted octanol–water partition coefficient (Wildman–Crippen LogP) is 4.12. The number of carbonyl (C=O) groups excluding carboxylic acids is 1. The molecule has 1 aromatic heterocycles. The lowest BCUT2D eigenvalue weighted by Gasteiger charge is -2.31. The van der Waals surface area contributed by atoms with Crippen LogP contribution in [0.15, 0.2) is 94.4 Å². The van der Waals surface area contributed by atoms with Crippen molar-refractivity contribution in [2.75, 3.05) is 45.9 Å². The number of ether oxygens (including phenoxy) is 1. The number of carbonyl (C=O) groups is 1. The summed E-state index contributed by atoms with van der Waals surface area (Å²) in [7, 11) is -4.01. The third kappa shape index (κ3) is 6.95. The number of benzene rings is 3. The minimum Gasteiger partial charge on any atom is -0.467 e. The molecule has 0 radical (unpaired) electrons. The van der Waals surface area contributed by atoms with Gasteiger partial charge in [0.2, 0.25) is 15.9 Å². The first-order valence-electron chi connectivity index (χ1n) is 13.2. The van der Waals surface area contributed by atoms with Crippen LogP contribution in [0.1, 0.15) is 11.3 Å². The fourth-order valence-corrected chi connectivity index (χ4v) is 6.14. The number of halogens is 1. The van der Waals surface area contributed by atoms with Crippen LogP contribution in [-0.4, -0.2) is 74.4 Å². The number of nitrogens with zero attached hydrogens (tertiary/aromatic N) is 3. The molecule has 0 unspecified atom stereocenters. The zero-order chi connectivity index (χ0) is 28.0. The molecule has 1 amide bonds. The highest BCUT2D eigenvalue weighted by atomic mass is 32.2. The highest BCUT2D eigenvalue weighted by Crippen LogP contribution is 2.23. The molecular formula is C30H32FN3O5S. The van der Waals surface area contributed by atoms with Crippen LogP contribution in [0.2, 0.25) is 0 Å². The molecule has 0 spiro atoms. The third-order valence-corrected chi connectivity index (χ3v) is 8.85. The monoisotopic (exact) mass is 565 g/mol. The summed E-state index contributed by atoms with van der Waals surface area (Å²) in [4.78, 5) is 17.6. The molecule has 8 nitrogen and oxygen atoms in total. The van der Waals surface area contributed by atoms with E-state index in [-0.39, 0.29) is 42.8 Å². The van der Waals surface area contributed by atoms with Crippen LogP contribution in [0.3, 0.4) is 0 Å². The number of morpholine rings is 1. The first kappa shape index (κ1) is 28.0. The van der Waals surface area contributed by atoms with E-state index in [1.807, 2.05) is 24.3 Å². The Morgan fingerprint density at radius 2 is 1.65 bits per heavy atom. The van der Waals surface area contributed by atoms with Gasteiger partial charge in [0.25, 0.3) is 0 Å². The zero-order valence-corrected chi connectivity index (χ0v) is 22.9. The molecule has 1 saturated heterocycles. The SMILES string of the molecule is O=C(CN(CCN1CCOCC1)S(=O)(=O)c1ccc2ccccc2c1)N(Cc1ccc(F)cc1)Cc1ccco1. The zero-order valence-electron chi connectivity index (χ0n) is 22.1. The highest BCUT2D eigenvalue weighted by Gasteiger charge is 2.30. The molecule has 4 aromatic rings. The van der Waals surface area contributed by atoms with Gasteiger partial charge in [-0.05, 0) is 52.7 Å². The van der Waals surface area contributed by atoms with Gasteiger partial charge in [-0.1, -0.05) is 42.5 Å². The van der Waals surface area contributed by atoms with Gasteiger partial charge in [-0.25, -0.2) is 12.8 Å². The highest BCUT2D eigenvalue weighted by molar-refractivity contribution is 7.89. The van der Waals surface area contributed by atoms with Crippen LogP contribution >= 0.6 is 0 Å². The van der Waals surface area contributed by atoms with E-state index in [1.54, 1.807) is 42.5 Å². The van der Waals surface area contributed by atoms with Gasteiger partial charge in [-0.15, -0.1) is 0 Å². The van der Waals surface area contributed by atoms with Crippen molar-refractivity contribution in [1.82, 2.24) is 14.1 Å². The Bertz CT molecular complexity index is 1520. The van der Waals surface area contributed by atoms with E-state index in [2.05, 4.69) is 4.90 Å². The van der Waals surface area contributed by atoms with Crippen LogP contribution in [-0.2, 0) is 32.6 Å². The molecule has 1 fully saturated rings. The van der Waals surface area contributed by atoms with Gasteiger partial charge in [0.05, 0.1) is 37.5 Å². The van der Waals surface area contributed by atoms with E-state index >= 15 is 0 Å². The van der Waals surface area contributed by atoms with E-state index in [4.69, 9.17) is 9.15 Å². The first-order chi connectivity index (χ1) is 19.4. The van der Waals surface area contributed by atoms with E-state index in [0.717, 1.165) is 16.3 Å². The van der Waals surface area contributed by atoms with E-state index < -0.39 is 10.0 Å². The van der Waals surface area contributed by atoms with Gasteiger partial charge >= 0.3 is 0 Å². The second-order valence-electron chi connectivity index (χ2n) is 9.76. The average molecular weight is 566 g/mol. The molecule has 210 valence electrons. The van der Waals surface area contributed by atoms with Gasteiger partial charge in [0, 0.05) is 32.7 Å². The minimum absolute atomic E-state index is 0.136. The molecule has 0 atom stereocenters. The van der Waals surface area contributed by atoms with Crippen molar-refractivity contribution < 1.29 is 26.8 Å². The standard InChI is InChI=1S/C30H32FN3O5S/c31-27-10-7-24(8-11-27)21-33(22-28-6-3-17-39-28)30(35)23-34(14-13-32-15-18-38-19-16-32)40(36,37)29-12-9-25-4-1-2-5-26(25)20-29/h1-12,17,20H,13-16,18-19,21-23H2. The van der Waals surface area contributed by atoms with Crippen molar-refractivity contribution in [3.8, 4) is 0 Å². The maximum Gasteiger partial charge on any atom is 0.243 e. The quantitative estimate of drug-likeness (QED) is 0.272. The summed E-state index contributed by atoms with van der Waals surface area (Å²) in [6.45, 7) is 3.17. The van der Waals surface area contributed by atoms with Crippen molar-refractivity contribution in [2.45, 2.75) is 18.0 Å². The summed E-state index contributed by atoms with van der Waals surface area (Å²) in [6.07, 6.45) is 1.52. The van der Waals surface area contributed by atoms with Gasteiger partial charge in [-0.2, -0.15) is 4.31 Å². The Labute approximate surface area is 233 Å². The maximum atomic E-state index is 14.0. The fraction of sp³-hybridized carbons (Fsp3) is 0.300. The summed E-state index contributed by atoms with van der Waals surface area (Å²) in [6, 6.07) is 22.0. The molecule has 1 aliphatic rings. The summed E-state index contributed by atoms with van der Waals surface area (Å²) in [5.41, 5.74) is 0.721. The molecule has 40 heavy (non-hydrogen) atoms. The lowest BCUT2D eigenvalue weighted by Crippen LogP contribution is -2.47. The number of rotatable bonds is 11. The topological polar surface area (TPSA) is 83.3 Å². The molecule has 0 saturated carbocycles. The molecule has 0 N–H and O–H groups in total. The Hall–Kier alpha value is -3.57. The van der Waals surface area contributed by atoms with E-state index in [9.17, 15) is 17.6 Å². The smallest absolute Gasteiger partial charge is 0.243 e. The average Bonchev–Trinajstić information content (AvgIpc) is 3.49. The van der Waals surface area contributed by atoms with E-state index in [0.29, 0.717) is 38.6 Å². The normalized spacial score (nSPS) is 14.6. The lowest BCUT2D eigenvalue weighted by molar-refractivity contribution is -0.133. The predicted molar refractivity (Wildman–Crippen MR) is 149 cm³/mol. The van der Waals surface area contributed by atoms with E-state index in [1.165, 1.54) is 27.6 Å². The van der Waals surface area contributed by atoms with Crippen LogP contribution in [0.25, 0.3) is 10.8 Å².